The van der Waals surface area contributed by atoms with Crippen molar-refractivity contribution in [2.45, 2.75) is 19.4 Å². The van der Waals surface area contributed by atoms with Crippen LogP contribution in [-0.2, 0) is 4.84 Å². The first-order valence-corrected chi connectivity index (χ1v) is 8.58. The third kappa shape index (κ3) is 2.63. The molecule has 27 heavy (non-hydrogen) atoms. The average molecular weight is 364 g/mol. The zero-order chi connectivity index (χ0) is 19.1. The van der Waals surface area contributed by atoms with Crippen LogP contribution in [0.15, 0.2) is 48.5 Å². The van der Waals surface area contributed by atoms with Gasteiger partial charge in [0, 0.05) is 6.04 Å². The Labute approximate surface area is 155 Å². The van der Waals surface area contributed by atoms with Gasteiger partial charge in [-0.2, -0.15) is 0 Å². The second kappa shape index (κ2) is 6.44. The summed E-state index contributed by atoms with van der Waals surface area (Å²) < 4.78 is 0. The van der Waals surface area contributed by atoms with Crippen LogP contribution in [0.4, 0.5) is 0 Å². The van der Waals surface area contributed by atoms with E-state index in [1.54, 1.807) is 55.5 Å². The summed E-state index contributed by atoms with van der Waals surface area (Å²) in [5.41, 5.74) is 1.37. The van der Waals surface area contributed by atoms with Gasteiger partial charge in [0.05, 0.1) is 28.9 Å². The summed E-state index contributed by atoms with van der Waals surface area (Å²) in [6.45, 7) is 1.74. The van der Waals surface area contributed by atoms with Crippen LogP contribution >= 0.6 is 0 Å². The number of hydroxylamine groups is 2. The molecular weight excluding hydrogens is 348 g/mol. The maximum Gasteiger partial charge on any atom is 0.285 e. The van der Waals surface area contributed by atoms with E-state index in [1.807, 2.05) is 0 Å². The van der Waals surface area contributed by atoms with Gasteiger partial charge in [0.1, 0.15) is 0 Å². The van der Waals surface area contributed by atoms with Crippen molar-refractivity contribution in [1.82, 2.24) is 9.96 Å². The average Bonchev–Trinajstić information content (AvgIpc) is 3.08. The summed E-state index contributed by atoms with van der Waals surface area (Å²) in [5.74, 6) is -1.71. The molecule has 0 saturated heterocycles. The Hall–Kier alpha value is -3.32. The van der Waals surface area contributed by atoms with Gasteiger partial charge in [0.15, 0.2) is 0 Å². The lowest BCUT2D eigenvalue weighted by atomic mass is 10.1. The first-order chi connectivity index (χ1) is 13.0. The predicted octanol–water partition coefficient (Wildman–Crippen LogP) is 2.29. The Morgan fingerprint density at radius 3 is 1.59 bits per heavy atom. The molecule has 4 amide bonds. The number of hydrogen-bond acceptors (Lipinski definition) is 5. The number of nitrogens with zero attached hydrogens (tertiary/aromatic N) is 2. The summed E-state index contributed by atoms with van der Waals surface area (Å²) in [5, 5.41) is 0.736. The number of imide groups is 2. The molecule has 136 valence electrons. The maximum absolute atomic E-state index is 12.5. The first-order valence-electron chi connectivity index (χ1n) is 8.58. The van der Waals surface area contributed by atoms with Crippen molar-refractivity contribution in [3.05, 3.63) is 70.8 Å². The zero-order valence-corrected chi connectivity index (χ0v) is 14.5. The van der Waals surface area contributed by atoms with E-state index < -0.39 is 17.9 Å². The van der Waals surface area contributed by atoms with Crippen molar-refractivity contribution >= 4 is 23.6 Å². The molecule has 7 heteroatoms. The fraction of sp³-hybridized carbons (Fsp3) is 0.200. The van der Waals surface area contributed by atoms with E-state index in [4.69, 9.17) is 4.84 Å². The van der Waals surface area contributed by atoms with Gasteiger partial charge in [0.25, 0.3) is 23.6 Å². The number of hydrogen-bond donors (Lipinski definition) is 0. The number of benzene rings is 2. The molecular formula is C20H16N2O5. The molecule has 2 aliphatic heterocycles. The fourth-order valence-corrected chi connectivity index (χ4v) is 3.34. The molecule has 0 aliphatic carbocycles. The molecule has 2 aromatic carbocycles. The van der Waals surface area contributed by atoms with Crippen molar-refractivity contribution in [2.75, 3.05) is 6.61 Å². The Balaban J connectivity index is 1.39. The first kappa shape index (κ1) is 17.1. The van der Waals surface area contributed by atoms with Gasteiger partial charge in [-0.3, -0.25) is 28.9 Å². The molecule has 2 aliphatic rings. The number of rotatable bonds is 5. The Morgan fingerprint density at radius 2 is 1.15 bits per heavy atom. The summed E-state index contributed by atoms with van der Waals surface area (Å²) >= 11 is 0. The van der Waals surface area contributed by atoms with E-state index in [0.717, 1.165) is 5.06 Å². The normalized spacial score (nSPS) is 16.8. The SMILES string of the molecule is CC(CCON1C(=O)c2ccccc2C1=O)N1C(=O)c2ccccc2C1=O. The molecule has 7 nitrogen and oxygen atoms in total. The van der Waals surface area contributed by atoms with E-state index in [0.29, 0.717) is 28.7 Å². The minimum atomic E-state index is -0.510. The van der Waals surface area contributed by atoms with Gasteiger partial charge in [-0.1, -0.05) is 24.3 Å². The molecule has 0 fully saturated rings. The van der Waals surface area contributed by atoms with Gasteiger partial charge >= 0.3 is 0 Å². The van der Waals surface area contributed by atoms with Crippen LogP contribution in [0.5, 0.6) is 0 Å². The second-order valence-electron chi connectivity index (χ2n) is 6.45. The molecule has 0 aromatic heterocycles. The highest BCUT2D eigenvalue weighted by Crippen LogP contribution is 2.26. The lowest BCUT2D eigenvalue weighted by molar-refractivity contribution is -0.0944. The standard InChI is InChI=1S/C20H16N2O5/c1-12(21-17(23)13-6-2-3-7-14(13)18(21)24)10-11-27-22-19(25)15-8-4-5-9-16(15)20(22)26/h2-9,12H,10-11H2,1H3. The Kier molecular flexibility index (Phi) is 4.08. The molecule has 1 atom stereocenters. The summed E-state index contributed by atoms with van der Waals surface area (Å²) in [4.78, 5) is 56.0. The molecule has 2 heterocycles. The molecule has 1 unspecified atom stereocenters. The smallest absolute Gasteiger partial charge is 0.271 e. The van der Waals surface area contributed by atoms with Gasteiger partial charge in [-0.25, -0.2) is 0 Å². The van der Waals surface area contributed by atoms with E-state index in [-0.39, 0.29) is 18.4 Å². The zero-order valence-electron chi connectivity index (χ0n) is 14.5. The second-order valence-corrected chi connectivity index (χ2v) is 6.45. The molecule has 0 saturated carbocycles. The number of carbonyl (C=O) groups is 4. The third-order valence-corrected chi connectivity index (χ3v) is 4.78. The van der Waals surface area contributed by atoms with Crippen molar-refractivity contribution in [1.29, 1.82) is 0 Å². The van der Waals surface area contributed by atoms with Crippen LogP contribution in [0.1, 0.15) is 54.8 Å². The molecule has 4 rings (SSSR count). The highest BCUT2D eigenvalue weighted by molar-refractivity contribution is 6.21. The third-order valence-electron chi connectivity index (χ3n) is 4.78. The van der Waals surface area contributed by atoms with Crippen molar-refractivity contribution in [2.24, 2.45) is 0 Å². The van der Waals surface area contributed by atoms with Crippen LogP contribution in [0, 0.1) is 0 Å². The van der Waals surface area contributed by atoms with Gasteiger partial charge in [0.2, 0.25) is 0 Å². The maximum atomic E-state index is 12.5. The van der Waals surface area contributed by atoms with Crippen LogP contribution in [-0.4, -0.2) is 46.2 Å². The van der Waals surface area contributed by atoms with Gasteiger partial charge in [-0.05, 0) is 37.6 Å². The predicted molar refractivity (Wildman–Crippen MR) is 93.9 cm³/mol. The summed E-state index contributed by atoms with van der Waals surface area (Å²) in [7, 11) is 0. The lowest BCUT2D eigenvalue weighted by Crippen LogP contribution is -2.39. The lowest BCUT2D eigenvalue weighted by Gasteiger charge is -2.23. The molecule has 0 spiro atoms. The van der Waals surface area contributed by atoms with Crippen LogP contribution < -0.4 is 0 Å². The van der Waals surface area contributed by atoms with Crippen LogP contribution in [0.25, 0.3) is 0 Å². The molecule has 2 aromatic rings. The van der Waals surface area contributed by atoms with Gasteiger partial charge in [-0.15, -0.1) is 5.06 Å². The summed E-state index contributed by atoms with van der Waals surface area (Å²) in [6.07, 6.45) is 0.291. The highest BCUT2D eigenvalue weighted by atomic mass is 16.7. The minimum absolute atomic E-state index is 0.0139. The van der Waals surface area contributed by atoms with Crippen molar-refractivity contribution in [3.8, 4) is 0 Å². The van der Waals surface area contributed by atoms with Crippen LogP contribution in [0.3, 0.4) is 0 Å². The largest absolute Gasteiger partial charge is 0.285 e. The quantitative estimate of drug-likeness (QED) is 0.760. The van der Waals surface area contributed by atoms with Crippen LogP contribution in [0.2, 0.25) is 0 Å². The van der Waals surface area contributed by atoms with E-state index in [9.17, 15) is 19.2 Å². The topological polar surface area (TPSA) is 84.0 Å². The summed E-state index contributed by atoms with van der Waals surface area (Å²) in [6, 6.07) is 12.7. The highest BCUT2D eigenvalue weighted by Gasteiger charge is 2.39. The van der Waals surface area contributed by atoms with Crippen molar-refractivity contribution < 1.29 is 24.0 Å². The van der Waals surface area contributed by atoms with E-state index in [2.05, 4.69) is 0 Å². The molecule has 0 N–H and O–H groups in total. The van der Waals surface area contributed by atoms with Gasteiger partial charge < -0.3 is 0 Å². The number of amides is 4. The number of carbonyl (C=O) groups excluding carboxylic acids is 4. The molecule has 0 radical (unpaired) electrons. The monoisotopic (exact) mass is 364 g/mol. The van der Waals surface area contributed by atoms with Crippen molar-refractivity contribution in [3.63, 3.8) is 0 Å². The Morgan fingerprint density at radius 1 is 0.741 bits per heavy atom. The number of fused-ring (bicyclic) bond motifs is 2. The minimum Gasteiger partial charge on any atom is -0.271 e. The Bertz CT molecular complexity index is 914. The fourth-order valence-electron chi connectivity index (χ4n) is 3.34. The van der Waals surface area contributed by atoms with E-state index >= 15 is 0 Å². The molecule has 0 bridgehead atoms. The van der Waals surface area contributed by atoms with E-state index in [1.165, 1.54) is 4.90 Å².